The van der Waals surface area contributed by atoms with Crippen molar-refractivity contribution in [2.75, 3.05) is 13.1 Å². The van der Waals surface area contributed by atoms with E-state index in [1.807, 2.05) is 18.2 Å². The van der Waals surface area contributed by atoms with Crippen LogP contribution in [-0.2, 0) is 40.1 Å². The van der Waals surface area contributed by atoms with Crippen LogP contribution in [0.5, 0.6) is 0 Å². The van der Waals surface area contributed by atoms with Gasteiger partial charge >= 0.3 is 12.1 Å². The number of benzene rings is 1. The first-order valence-corrected chi connectivity index (χ1v) is 18.3. The first-order chi connectivity index (χ1) is 23.7. The Morgan fingerprint density at radius 3 is 2.22 bits per heavy atom. The predicted octanol–water partition coefficient (Wildman–Crippen LogP) is 4.05. The van der Waals surface area contributed by atoms with Crippen LogP contribution >= 0.6 is 0 Å². The highest BCUT2D eigenvalue weighted by Crippen LogP contribution is 2.65. The monoisotopic (exact) mass is 694 g/mol. The summed E-state index contributed by atoms with van der Waals surface area (Å²) in [5.41, 5.74) is -0.150. The van der Waals surface area contributed by atoms with Gasteiger partial charge in [-0.2, -0.15) is 0 Å². The van der Waals surface area contributed by atoms with Gasteiger partial charge in [-0.3, -0.25) is 24.0 Å². The van der Waals surface area contributed by atoms with Gasteiger partial charge in [-0.1, -0.05) is 82.7 Å². The Balaban J connectivity index is 1.27. The van der Waals surface area contributed by atoms with Gasteiger partial charge in [-0.05, 0) is 74.7 Å². The van der Waals surface area contributed by atoms with Crippen molar-refractivity contribution in [3.8, 4) is 0 Å². The lowest BCUT2D eigenvalue weighted by atomic mass is 9.80. The number of likely N-dealkylation sites (tertiary alicyclic amines) is 1. The Labute approximate surface area is 295 Å². The zero-order valence-electron chi connectivity index (χ0n) is 30.1. The smallest absolute Gasteiger partial charge is 0.408 e. The van der Waals surface area contributed by atoms with Crippen molar-refractivity contribution in [3.63, 3.8) is 0 Å². The average molecular weight is 695 g/mol. The van der Waals surface area contributed by atoms with Crippen LogP contribution in [0.1, 0.15) is 98.0 Å². The summed E-state index contributed by atoms with van der Waals surface area (Å²) in [7, 11) is 0. The number of fused-ring (bicyclic) bond motifs is 1. The average Bonchev–Trinajstić information content (AvgIpc) is 3.36. The normalized spacial score (nSPS) is 24.1. The molecular formula is C38H54N4O8. The van der Waals surface area contributed by atoms with Crippen molar-refractivity contribution < 1.29 is 38.2 Å². The molecule has 12 heteroatoms. The zero-order chi connectivity index (χ0) is 36.2. The van der Waals surface area contributed by atoms with Gasteiger partial charge in [0.1, 0.15) is 30.8 Å². The number of carbonyl (C=O) groups excluding carboxylic acids is 6. The van der Waals surface area contributed by atoms with Gasteiger partial charge in [-0.15, -0.1) is 0 Å². The van der Waals surface area contributed by atoms with Gasteiger partial charge in [0.2, 0.25) is 17.6 Å². The Morgan fingerprint density at radius 1 is 0.920 bits per heavy atom. The van der Waals surface area contributed by atoms with E-state index in [2.05, 4.69) is 29.8 Å². The highest BCUT2D eigenvalue weighted by atomic mass is 16.6. The Bertz CT molecular complexity index is 1430. The van der Waals surface area contributed by atoms with Crippen LogP contribution in [-0.4, -0.2) is 77.3 Å². The number of rotatable bonds is 13. The molecule has 1 heterocycles. The molecule has 12 nitrogen and oxygen atoms in total. The second-order valence-corrected chi connectivity index (χ2v) is 16.2. The molecule has 4 amide bonds. The van der Waals surface area contributed by atoms with Gasteiger partial charge < -0.3 is 30.3 Å². The SMILES string of the molecule is CC(C)(C)OC(=O)N[C@H](C(=O)N1C[C@H]2[C@@H]([C@H]1C(=O)NC(CC1CCC1)C(=O)C(=O)NCC(=O)OCc1ccccc1)C2(C)C)C1CCCCC1. The minimum atomic E-state index is -1.11. The van der Waals surface area contributed by atoms with Gasteiger partial charge in [0.05, 0.1) is 6.04 Å². The third-order valence-electron chi connectivity index (χ3n) is 11.1. The molecule has 1 aromatic carbocycles. The summed E-state index contributed by atoms with van der Waals surface area (Å²) in [5, 5.41) is 8.09. The van der Waals surface area contributed by atoms with E-state index >= 15 is 0 Å². The quantitative estimate of drug-likeness (QED) is 0.206. The Morgan fingerprint density at radius 2 is 1.60 bits per heavy atom. The number of nitrogens with zero attached hydrogens (tertiary/aromatic N) is 1. The second-order valence-electron chi connectivity index (χ2n) is 16.2. The Kier molecular flexibility index (Phi) is 11.6. The summed E-state index contributed by atoms with van der Waals surface area (Å²) < 4.78 is 10.7. The fourth-order valence-corrected chi connectivity index (χ4v) is 8.01. The number of nitrogens with one attached hydrogen (secondary N) is 3. The number of carbonyl (C=O) groups is 6. The largest absolute Gasteiger partial charge is 0.460 e. The molecule has 0 spiro atoms. The van der Waals surface area contributed by atoms with Gasteiger partial charge in [0.15, 0.2) is 0 Å². The molecule has 4 aliphatic rings. The minimum absolute atomic E-state index is 0.0356. The molecule has 3 aliphatic carbocycles. The number of ether oxygens (including phenoxy) is 2. The van der Waals surface area contributed by atoms with E-state index in [1.54, 1.807) is 37.8 Å². The molecule has 50 heavy (non-hydrogen) atoms. The molecule has 1 unspecified atom stereocenters. The molecular weight excluding hydrogens is 640 g/mol. The second kappa shape index (κ2) is 15.5. The highest BCUT2D eigenvalue weighted by molar-refractivity contribution is 6.38. The van der Waals surface area contributed by atoms with Gasteiger partial charge in [0, 0.05) is 6.54 Å². The molecule has 5 atom stereocenters. The summed E-state index contributed by atoms with van der Waals surface area (Å²) in [6, 6.07) is 6.28. The molecule has 1 aromatic rings. The number of amides is 4. The first-order valence-electron chi connectivity index (χ1n) is 18.3. The van der Waals surface area contributed by atoms with Gasteiger partial charge in [0.25, 0.3) is 5.91 Å². The number of hydrogen-bond acceptors (Lipinski definition) is 8. The third kappa shape index (κ3) is 9.03. The molecule has 4 fully saturated rings. The Hall–Kier alpha value is -3.96. The lowest BCUT2D eigenvalue weighted by Crippen LogP contribution is -2.60. The molecule has 0 bridgehead atoms. The maximum Gasteiger partial charge on any atom is 0.408 e. The lowest BCUT2D eigenvalue weighted by Gasteiger charge is -2.37. The van der Waals surface area contributed by atoms with Crippen molar-refractivity contribution in [2.24, 2.45) is 29.1 Å². The first kappa shape index (κ1) is 37.3. The fraction of sp³-hybridized carbons (Fsp3) is 0.684. The van der Waals surface area contributed by atoms with Crippen molar-refractivity contribution in [1.82, 2.24) is 20.9 Å². The summed E-state index contributed by atoms with van der Waals surface area (Å²) in [5.74, 6) is -3.27. The molecule has 3 saturated carbocycles. The molecule has 5 rings (SSSR count). The number of Topliss-reactive ketones (excluding diaryl/α,β-unsaturated/α-hetero) is 1. The van der Waals surface area contributed by atoms with Crippen LogP contribution < -0.4 is 16.0 Å². The molecule has 1 aliphatic heterocycles. The molecule has 0 radical (unpaired) electrons. The summed E-state index contributed by atoms with van der Waals surface area (Å²) in [4.78, 5) is 82.0. The van der Waals surface area contributed by atoms with E-state index in [0.29, 0.717) is 13.0 Å². The lowest BCUT2D eigenvalue weighted by molar-refractivity contribution is -0.147. The number of esters is 1. The molecule has 274 valence electrons. The highest BCUT2D eigenvalue weighted by Gasteiger charge is 2.69. The van der Waals surface area contributed by atoms with E-state index < -0.39 is 59.9 Å². The molecule has 3 N–H and O–H groups in total. The van der Waals surface area contributed by atoms with E-state index in [0.717, 1.165) is 56.9 Å². The van der Waals surface area contributed by atoms with Crippen molar-refractivity contribution in [2.45, 2.75) is 123 Å². The molecule has 0 aromatic heterocycles. The van der Waals surface area contributed by atoms with Crippen molar-refractivity contribution in [1.29, 1.82) is 0 Å². The number of ketones is 1. The minimum Gasteiger partial charge on any atom is -0.460 e. The van der Waals surface area contributed by atoms with Crippen LogP contribution in [0.25, 0.3) is 0 Å². The maximum absolute atomic E-state index is 14.4. The predicted molar refractivity (Wildman–Crippen MR) is 184 cm³/mol. The summed E-state index contributed by atoms with van der Waals surface area (Å²) in [6.07, 6.45) is 6.92. The van der Waals surface area contributed by atoms with Crippen LogP contribution in [0.2, 0.25) is 0 Å². The topological polar surface area (TPSA) is 160 Å². The number of alkyl carbamates (subject to hydrolysis) is 1. The zero-order valence-corrected chi connectivity index (χ0v) is 30.1. The van der Waals surface area contributed by atoms with E-state index in [9.17, 15) is 28.8 Å². The van der Waals surface area contributed by atoms with E-state index in [1.165, 1.54) is 0 Å². The van der Waals surface area contributed by atoms with E-state index in [4.69, 9.17) is 9.47 Å². The summed E-state index contributed by atoms with van der Waals surface area (Å²) >= 11 is 0. The van der Waals surface area contributed by atoms with Gasteiger partial charge in [-0.25, -0.2) is 4.79 Å². The van der Waals surface area contributed by atoms with Crippen molar-refractivity contribution >= 4 is 35.6 Å². The summed E-state index contributed by atoms with van der Waals surface area (Å²) in [6.45, 7) is 9.35. The van der Waals surface area contributed by atoms with Crippen LogP contribution in [0.15, 0.2) is 30.3 Å². The number of hydrogen-bond donors (Lipinski definition) is 3. The van der Waals surface area contributed by atoms with Crippen LogP contribution in [0.4, 0.5) is 4.79 Å². The maximum atomic E-state index is 14.4. The third-order valence-corrected chi connectivity index (χ3v) is 11.1. The van der Waals surface area contributed by atoms with Crippen molar-refractivity contribution in [3.05, 3.63) is 35.9 Å². The van der Waals surface area contributed by atoms with Crippen LogP contribution in [0, 0.1) is 29.1 Å². The number of piperidine rings is 1. The molecule has 1 saturated heterocycles. The standard InChI is InChI=1S/C38H54N4O8/c1-37(2,3)50-36(48)41-30(25-17-10-7-11-18-25)35(47)42-21-26-29(38(26,4)5)31(42)33(45)40-27(19-23-15-12-16-23)32(44)34(46)39-20-28(43)49-22-24-13-8-6-9-14-24/h6,8-9,13-14,23,25-27,29-31H,7,10-12,15-22H2,1-5H3,(H,39,46)(H,40,45)(H,41,48)/t26-,27?,29-,30-,31-/m0/s1. The van der Waals surface area contributed by atoms with Crippen LogP contribution in [0.3, 0.4) is 0 Å². The van der Waals surface area contributed by atoms with E-state index in [-0.39, 0.29) is 41.6 Å². The fourth-order valence-electron chi connectivity index (χ4n) is 8.01.